The lowest BCUT2D eigenvalue weighted by Crippen LogP contribution is -2.29. The minimum absolute atomic E-state index is 0.0590. The number of methoxy groups -OCH3 is 2. The van der Waals surface area contributed by atoms with Gasteiger partial charge < -0.3 is 36.1 Å². The van der Waals surface area contributed by atoms with Crippen molar-refractivity contribution in [1.29, 1.82) is 0 Å². The van der Waals surface area contributed by atoms with Gasteiger partial charge in [0.15, 0.2) is 0 Å². The van der Waals surface area contributed by atoms with Crippen molar-refractivity contribution in [3.05, 3.63) is 0 Å². The molecule has 0 heterocycles. The number of nitrogens with two attached hydrogens (primary N) is 1. The molecule has 0 rings (SSSR count). The van der Waals surface area contributed by atoms with Crippen LogP contribution in [0.5, 0.6) is 0 Å². The van der Waals surface area contributed by atoms with Crippen LogP contribution in [0, 0.1) is 0 Å². The van der Waals surface area contributed by atoms with Crippen LogP contribution in [0.1, 0.15) is 26.2 Å². The Kier molecular flexibility index (Phi) is 33.0. The number of esters is 2. The first-order chi connectivity index (χ1) is 13.9. The van der Waals surface area contributed by atoms with Crippen molar-refractivity contribution in [1.82, 2.24) is 20.9 Å². The first kappa shape index (κ1) is 32.7. The van der Waals surface area contributed by atoms with Gasteiger partial charge in [-0.1, -0.05) is 6.92 Å². The van der Waals surface area contributed by atoms with E-state index in [1.165, 1.54) is 40.2 Å². The predicted octanol–water partition coefficient (Wildman–Crippen LogP) is 0.0233. The van der Waals surface area contributed by atoms with Crippen LogP contribution >= 0.6 is 11.6 Å². The summed E-state index contributed by atoms with van der Waals surface area (Å²) in [6.07, 6.45) is 3.50. The van der Waals surface area contributed by atoms with Crippen molar-refractivity contribution < 1.29 is 19.1 Å². The number of rotatable bonds is 15. The van der Waals surface area contributed by atoms with E-state index in [-0.39, 0.29) is 18.4 Å². The van der Waals surface area contributed by atoms with E-state index >= 15 is 0 Å². The summed E-state index contributed by atoms with van der Waals surface area (Å²) < 4.78 is 8.59. The fourth-order valence-corrected chi connectivity index (χ4v) is 2.01. The lowest BCUT2D eigenvalue weighted by Gasteiger charge is -2.14. The molecule has 0 aromatic carbocycles. The van der Waals surface area contributed by atoms with Crippen LogP contribution in [0.2, 0.25) is 0 Å². The molecule has 10 heteroatoms. The first-order valence-electron chi connectivity index (χ1n) is 10.1. The molecule has 9 nitrogen and oxygen atoms in total. The molecule has 176 valence electrons. The molecular formula is C19H44ClN5O4. The molecule has 0 aromatic heterocycles. The summed E-state index contributed by atoms with van der Waals surface area (Å²) in [5.74, 6) is -0.678. The molecule has 0 saturated heterocycles. The molecule has 0 unspecified atom stereocenters. The average molecular weight is 442 g/mol. The Morgan fingerprint density at radius 3 is 2.03 bits per heavy atom. The number of ether oxygens (including phenoxy) is 2. The van der Waals surface area contributed by atoms with E-state index in [1.807, 2.05) is 7.05 Å². The summed E-state index contributed by atoms with van der Waals surface area (Å²) in [5.41, 5.74) is 5.29. The molecule has 0 fully saturated rings. The van der Waals surface area contributed by atoms with Crippen LogP contribution < -0.4 is 21.7 Å². The fraction of sp³-hybridized carbons (Fsp3) is 0.895. The lowest BCUT2D eigenvalue weighted by molar-refractivity contribution is -0.139. The Morgan fingerprint density at radius 2 is 1.59 bits per heavy atom. The van der Waals surface area contributed by atoms with Crippen LogP contribution in [0.25, 0.3) is 0 Å². The Hall–Kier alpha value is -0.970. The normalized spacial score (nSPS) is 9.79. The highest BCUT2D eigenvalue weighted by Crippen LogP contribution is 1.87. The third-order valence-electron chi connectivity index (χ3n) is 3.43. The molecule has 0 aliphatic carbocycles. The lowest BCUT2D eigenvalue weighted by atomic mass is 10.3. The van der Waals surface area contributed by atoms with Crippen LogP contribution in [0.4, 0.5) is 0 Å². The molecule has 0 atom stereocenters. The van der Waals surface area contributed by atoms with Gasteiger partial charge in [-0.05, 0) is 66.1 Å². The minimum atomic E-state index is -0.392. The van der Waals surface area contributed by atoms with Gasteiger partial charge in [-0.15, -0.1) is 11.6 Å². The van der Waals surface area contributed by atoms with Crippen LogP contribution in [-0.4, -0.2) is 103 Å². The fourth-order valence-electron chi connectivity index (χ4n) is 1.90. The summed E-state index contributed by atoms with van der Waals surface area (Å²) >= 11 is 4.98. The van der Waals surface area contributed by atoms with Crippen LogP contribution in [0.3, 0.4) is 0 Å². The second-order valence-electron chi connectivity index (χ2n) is 6.12. The molecule has 0 bridgehead atoms. The Balaban J connectivity index is -0.000000375. The zero-order valence-electron chi connectivity index (χ0n) is 19.0. The molecule has 0 saturated carbocycles. The maximum atomic E-state index is 10.6. The number of nitrogens with zero attached hydrogens (tertiary/aromatic N) is 1. The third-order valence-corrected chi connectivity index (χ3v) is 3.65. The predicted molar refractivity (Wildman–Crippen MR) is 120 cm³/mol. The van der Waals surface area contributed by atoms with E-state index in [0.29, 0.717) is 6.54 Å². The number of hydrogen-bond donors (Lipinski definition) is 4. The number of carbonyl (C=O) groups excluding carboxylic acids is 2. The highest BCUT2D eigenvalue weighted by atomic mass is 35.5. The van der Waals surface area contributed by atoms with Gasteiger partial charge in [-0.2, -0.15) is 0 Å². The molecular weight excluding hydrogens is 398 g/mol. The van der Waals surface area contributed by atoms with E-state index < -0.39 is 5.97 Å². The van der Waals surface area contributed by atoms with Crippen molar-refractivity contribution in [2.45, 2.75) is 26.2 Å². The summed E-state index contributed by atoms with van der Waals surface area (Å²) in [7, 11) is 6.86. The smallest absolute Gasteiger partial charge is 0.320 e. The zero-order chi connectivity index (χ0) is 22.8. The third kappa shape index (κ3) is 34.9. The monoisotopic (exact) mass is 441 g/mol. The topological polar surface area (TPSA) is 118 Å². The molecule has 0 radical (unpaired) electrons. The second-order valence-corrected chi connectivity index (χ2v) is 6.38. The van der Waals surface area contributed by atoms with Gasteiger partial charge in [0.25, 0.3) is 0 Å². The van der Waals surface area contributed by atoms with Crippen molar-refractivity contribution in [3.63, 3.8) is 0 Å². The van der Waals surface area contributed by atoms with E-state index in [0.717, 1.165) is 32.6 Å². The molecule has 0 aliphatic heterocycles. The van der Waals surface area contributed by atoms with Gasteiger partial charge in [-0.25, -0.2) is 0 Å². The van der Waals surface area contributed by atoms with Gasteiger partial charge in [0.1, 0.15) is 5.88 Å². The first-order valence-corrected chi connectivity index (χ1v) is 10.6. The van der Waals surface area contributed by atoms with Crippen molar-refractivity contribution in [2.24, 2.45) is 5.73 Å². The van der Waals surface area contributed by atoms with Crippen LogP contribution in [-0.2, 0) is 19.1 Å². The van der Waals surface area contributed by atoms with E-state index in [1.54, 1.807) is 0 Å². The SMILES string of the molecule is CCCN(C)CCCNC.COC(=O)CCl.COC(=O)CNCCCNCCN. The van der Waals surface area contributed by atoms with Gasteiger partial charge in [0, 0.05) is 13.1 Å². The quantitative estimate of drug-likeness (QED) is 0.158. The second kappa shape index (κ2) is 29.2. The molecule has 0 aliphatic rings. The molecule has 29 heavy (non-hydrogen) atoms. The summed E-state index contributed by atoms with van der Waals surface area (Å²) in [5, 5.41) is 9.26. The van der Waals surface area contributed by atoms with Gasteiger partial charge in [-0.3, -0.25) is 9.59 Å². The Labute approximate surface area is 182 Å². The standard InChI is InChI=1S/C8H19N3O2.C8H20N2.C3H5ClO2/c1-13-8(12)7-11-5-2-4-10-6-3-9;1-4-7-10(3)8-5-6-9-2;1-6-3(5)2-4/h10-11H,2-7,9H2,1H3;9H,4-8H2,1-3H3;2H2,1H3. The molecule has 0 aromatic rings. The van der Waals surface area contributed by atoms with Crippen molar-refractivity contribution >= 4 is 23.5 Å². The highest BCUT2D eigenvalue weighted by Gasteiger charge is 1.97. The number of hydrogen-bond acceptors (Lipinski definition) is 9. The van der Waals surface area contributed by atoms with Crippen molar-refractivity contribution in [3.8, 4) is 0 Å². The van der Waals surface area contributed by atoms with Crippen molar-refractivity contribution in [2.75, 3.05) is 86.6 Å². The van der Waals surface area contributed by atoms with Gasteiger partial charge in [0.05, 0.1) is 20.8 Å². The van der Waals surface area contributed by atoms with Gasteiger partial charge in [0.2, 0.25) is 0 Å². The number of halogens is 1. The number of carbonyl (C=O) groups is 2. The highest BCUT2D eigenvalue weighted by molar-refractivity contribution is 6.26. The minimum Gasteiger partial charge on any atom is -0.468 e. The summed E-state index contributed by atoms with van der Waals surface area (Å²) in [4.78, 5) is 22.8. The molecule has 0 spiro atoms. The average Bonchev–Trinajstić information content (AvgIpc) is 2.73. The van der Waals surface area contributed by atoms with E-state index in [2.05, 4.69) is 44.3 Å². The van der Waals surface area contributed by atoms with E-state index in [4.69, 9.17) is 17.3 Å². The Morgan fingerprint density at radius 1 is 0.966 bits per heavy atom. The van der Waals surface area contributed by atoms with E-state index in [9.17, 15) is 9.59 Å². The summed E-state index contributed by atoms with van der Waals surface area (Å²) in [6.45, 7) is 9.32. The molecule has 5 N–H and O–H groups in total. The molecule has 0 amide bonds. The summed E-state index contributed by atoms with van der Waals surface area (Å²) in [6, 6.07) is 0. The maximum absolute atomic E-state index is 10.6. The Bertz CT molecular complexity index is 347. The number of alkyl halides is 1. The van der Waals surface area contributed by atoms with Crippen LogP contribution in [0.15, 0.2) is 0 Å². The van der Waals surface area contributed by atoms with Gasteiger partial charge >= 0.3 is 11.9 Å². The largest absolute Gasteiger partial charge is 0.468 e. The maximum Gasteiger partial charge on any atom is 0.320 e. The number of nitrogens with one attached hydrogen (secondary N) is 3. The zero-order valence-corrected chi connectivity index (χ0v) is 19.8.